The van der Waals surface area contributed by atoms with Crippen LogP contribution in [0.25, 0.3) is 0 Å². The first-order valence-corrected chi connectivity index (χ1v) is 5.22. The molecule has 2 rings (SSSR count). The zero-order valence-corrected chi connectivity index (χ0v) is 8.92. The number of benzene rings is 1. The molecule has 15 heavy (non-hydrogen) atoms. The Balaban J connectivity index is 2.36. The average molecular weight is 209 g/mol. The largest absolute Gasteiger partial charge is 0.377 e. The fourth-order valence-corrected chi connectivity index (χ4v) is 2.24. The third kappa shape index (κ3) is 1.77. The standard InChI is InChI=1S/C12H16FNO/c1-15-12(8-14)6-5-9-3-2-4-11(13)10(9)7-12/h2-4H,5-8,14H2,1H3. The molecule has 0 spiro atoms. The second-order valence-corrected chi connectivity index (χ2v) is 4.15. The van der Waals surface area contributed by atoms with Gasteiger partial charge in [-0.25, -0.2) is 4.39 Å². The van der Waals surface area contributed by atoms with Gasteiger partial charge in [-0.05, 0) is 30.0 Å². The van der Waals surface area contributed by atoms with Gasteiger partial charge in [-0.3, -0.25) is 0 Å². The molecule has 0 fully saturated rings. The number of fused-ring (bicyclic) bond motifs is 1. The van der Waals surface area contributed by atoms with Crippen molar-refractivity contribution in [2.24, 2.45) is 5.73 Å². The first-order valence-electron chi connectivity index (χ1n) is 5.22. The summed E-state index contributed by atoms with van der Waals surface area (Å²) in [5, 5.41) is 0. The van der Waals surface area contributed by atoms with Crippen molar-refractivity contribution in [1.82, 2.24) is 0 Å². The maximum Gasteiger partial charge on any atom is 0.126 e. The third-order valence-corrected chi connectivity index (χ3v) is 3.37. The summed E-state index contributed by atoms with van der Waals surface area (Å²) in [7, 11) is 1.65. The van der Waals surface area contributed by atoms with E-state index >= 15 is 0 Å². The molecule has 82 valence electrons. The molecule has 0 aromatic heterocycles. The lowest BCUT2D eigenvalue weighted by Crippen LogP contribution is -2.45. The quantitative estimate of drug-likeness (QED) is 0.804. The molecule has 0 radical (unpaired) electrons. The Morgan fingerprint density at radius 3 is 3.00 bits per heavy atom. The van der Waals surface area contributed by atoms with Crippen molar-refractivity contribution in [1.29, 1.82) is 0 Å². The van der Waals surface area contributed by atoms with Crippen LogP contribution in [-0.4, -0.2) is 19.3 Å². The van der Waals surface area contributed by atoms with Crippen molar-refractivity contribution in [3.8, 4) is 0 Å². The van der Waals surface area contributed by atoms with Crippen LogP contribution < -0.4 is 5.73 Å². The fourth-order valence-electron chi connectivity index (χ4n) is 2.24. The molecule has 1 aromatic rings. The van der Waals surface area contributed by atoms with Crippen molar-refractivity contribution < 1.29 is 9.13 Å². The van der Waals surface area contributed by atoms with E-state index in [0.29, 0.717) is 13.0 Å². The van der Waals surface area contributed by atoms with Gasteiger partial charge in [0, 0.05) is 20.1 Å². The normalized spacial score (nSPS) is 25.0. The predicted octanol–water partition coefficient (Wildman–Crippen LogP) is 1.66. The minimum Gasteiger partial charge on any atom is -0.377 e. The van der Waals surface area contributed by atoms with Crippen molar-refractivity contribution >= 4 is 0 Å². The fraction of sp³-hybridized carbons (Fsp3) is 0.500. The second kappa shape index (κ2) is 3.91. The van der Waals surface area contributed by atoms with Crippen LogP contribution in [0.5, 0.6) is 0 Å². The van der Waals surface area contributed by atoms with E-state index in [0.717, 1.165) is 24.0 Å². The van der Waals surface area contributed by atoms with Gasteiger partial charge in [-0.15, -0.1) is 0 Å². The third-order valence-electron chi connectivity index (χ3n) is 3.37. The van der Waals surface area contributed by atoms with Crippen LogP contribution in [0, 0.1) is 5.82 Å². The second-order valence-electron chi connectivity index (χ2n) is 4.15. The highest BCUT2D eigenvalue weighted by Crippen LogP contribution is 2.31. The van der Waals surface area contributed by atoms with E-state index in [4.69, 9.17) is 10.5 Å². The molecule has 1 aliphatic rings. The van der Waals surface area contributed by atoms with Gasteiger partial charge in [0.1, 0.15) is 5.82 Å². The Labute approximate surface area is 89.2 Å². The Morgan fingerprint density at radius 1 is 1.53 bits per heavy atom. The molecule has 2 N–H and O–H groups in total. The van der Waals surface area contributed by atoms with Crippen LogP contribution >= 0.6 is 0 Å². The van der Waals surface area contributed by atoms with Crippen molar-refractivity contribution in [3.05, 3.63) is 35.1 Å². The number of methoxy groups -OCH3 is 1. The van der Waals surface area contributed by atoms with Gasteiger partial charge in [0.25, 0.3) is 0 Å². The maximum atomic E-state index is 13.6. The number of halogens is 1. The van der Waals surface area contributed by atoms with Gasteiger partial charge in [-0.1, -0.05) is 12.1 Å². The summed E-state index contributed by atoms with van der Waals surface area (Å²) in [6.07, 6.45) is 2.30. The van der Waals surface area contributed by atoms with E-state index in [1.807, 2.05) is 6.07 Å². The van der Waals surface area contributed by atoms with Crippen LogP contribution in [0.3, 0.4) is 0 Å². The minimum absolute atomic E-state index is 0.137. The molecule has 0 saturated carbocycles. The van der Waals surface area contributed by atoms with Crippen molar-refractivity contribution in [3.63, 3.8) is 0 Å². The highest BCUT2D eigenvalue weighted by Gasteiger charge is 2.34. The number of hydrogen-bond acceptors (Lipinski definition) is 2. The summed E-state index contributed by atoms with van der Waals surface area (Å²) in [5.74, 6) is -0.137. The zero-order chi connectivity index (χ0) is 10.9. The summed E-state index contributed by atoms with van der Waals surface area (Å²) >= 11 is 0. The van der Waals surface area contributed by atoms with Gasteiger partial charge in [0.2, 0.25) is 0 Å². The molecule has 1 aromatic carbocycles. The molecule has 0 saturated heterocycles. The molecule has 0 aliphatic heterocycles. The topological polar surface area (TPSA) is 35.2 Å². The molecular formula is C12H16FNO. The molecule has 0 bridgehead atoms. The van der Waals surface area contributed by atoms with Crippen LogP contribution in [0.4, 0.5) is 4.39 Å². The van der Waals surface area contributed by atoms with Gasteiger partial charge in [-0.2, -0.15) is 0 Å². The average Bonchev–Trinajstić information content (AvgIpc) is 2.29. The monoisotopic (exact) mass is 209 g/mol. The lowest BCUT2D eigenvalue weighted by Gasteiger charge is -2.36. The van der Waals surface area contributed by atoms with Crippen LogP contribution in [-0.2, 0) is 17.6 Å². The van der Waals surface area contributed by atoms with E-state index in [2.05, 4.69) is 0 Å². The van der Waals surface area contributed by atoms with E-state index in [9.17, 15) is 4.39 Å². The Hall–Kier alpha value is -0.930. The van der Waals surface area contributed by atoms with Gasteiger partial charge < -0.3 is 10.5 Å². The first-order chi connectivity index (χ1) is 7.21. The summed E-state index contributed by atoms with van der Waals surface area (Å²) in [4.78, 5) is 0. The van der Waals surface area contributed by atoms with Gasteiger partial charge in [0.15, 0.2) is 0 Å². The molecule has 2 nitrogen and oxygen atoms in total. The van der Waals surface area contributed by atoms with Crippen LogP contribution in [0.1, 0.15) is 17.5 Å². The lowest BCUT2D eigenvalue weighted by molar-refractivity contribution is -0.0142. The van der Waals surface area contributed by atoms with Crippen LogP contribution in [0.2, 0.25) is 0 Å². The molecule has 1 aliphatic carbocycles. The maximum absolute atomic E-state index is 13.6. The number of aryl methyl sites for hydroxylation is 1. The van der Waals surface area contributed by atoms with E-state index in [1.54, 1.807) is 13.2 Å². The van der Waals surface area contributed by atoms with E-state index < -0.39 is 0 Å². The Morgan fingerprint density at radius 2 is 2.33 bits per heavy atom. The molecule has 1 atom stereocenters. The minimum atomic E-state index is -0.366. The molecule has 3 heteroatoms. The number of ether oxygens (including phenoxy) is 1. The smallest absolute Gasteiger partial charge is 0.126 e. The molecule has 1 unspecified atom stereocenters. The van der Waals surface area contributed by atoms with Crippen molar-refractivity contribution in [2.45, 2.75) is 24.9 Å². The summed E-state index contributed by atoms with van der Waals surface area (Å²) < 4.78 is 19.0. The first kappa shape index (κ1) is 10.6. The van der Waals surface area contributed by atoms with E-state index in [1.165, 1.54) is 6.07 Å². The summed E-state index contributed by atoms with van der Waals surface area (Å²) in [6, 6.07) is 5.24. The number of nitrogens with two attached hydrogens (primary N) is 1. The highest BCUT2D eigenvalue weighted by atomic mass is 19.1. The lowest BCUT2D eigenvalue weighted by atomic mass is 9.80. The van der Waals surface area contributed by atoms with Crippen LogP contribution in [0.15, 0.2) is 18.2 Å². The SMILES string of the molecule is COC1(CN)CCc2cccc(F)c2C1. The summed E-state index contributed by atoms with van der Waals surface area (Å²) in [6.45, 7) is 0.442. The predicted molar refractivity (Wildman–Crippen MR) is 57.2 cm³/mol. The number of rotatable bonds is 2. The molecule has 0 amide bonds. The molecular weight excluding hydrogens is 193 g/mol. The highest BCUT2D eigenvalue weighted by molar-refractivity contribution is 5.33. The molecule has 0 heterocycles. The zero-order valence-electron chi connectivity index (χ0n) is 8.92. The summed E-state index contributed by atoms with van der Waals surface area (Å²) in [5.41, 5.74) is 7.21. The van der Waals surface area contributed by atoms with Crippen molar-refractivity contribution in [2.75, 3.05) is 13.7 Å². The van der Waals surface area contributed by atoms with Gasteiger partial charge in [0.05, 0.1) is 5.60 Å². The van der Waals surface area contributed by atoms with E-state index in [-0.39, 0.29) is 11.4 Å². The Bertz CT molecular complexity index is 361. The Kier molecular flexibility index (Phi) is 2.76. The number of hydrogen-bond donors (Lipinski definition) is 1. The van der Waals surface area contributed by atoms with Gasteiger partial charge >= 0.3 is 0 Å².